The molecule has 0 N–H and O–H groups in total. The van der Waals surface area contributed by atoms with Crippen LogP contribution in [-0.4, -0.2) is 44.5 Å². The number of rotatable bonds is 7. The zero-order valence-electron chi connectivity index (χ0n) is 17.4. The molecule has 1 unspecified atom stereocenters. The number of hydrogen-bond acceptors (Lipinski definition) is 6. The fourth-order valence-electron chi connectivity index (χ4n) is 3.57. The number of aromatic nitrogens is 4. The van der Waals surface area contributed by atoms with Gasteiger partial charge in [-0.05, 0) is 38.8 Å². The molecule has 0 saturated carbocycles. The Hall–Kier alpha value is -2.94. The van der Waals surface area contributed by atoms with Gasteiger partial charge >= 0.3 is 0 Å². The first-order valence-corrected chi connectivity index (χ1v) is 10.3. The zero-order chi connectivity index (χ0) is 22.0. The molecule has 1 aliphatic heterocycles. The lowest BCUT2D eigenvalue weighted by molar-refractivity contribution is 0.0794. The van der Waals surface area contributed by atoms with Crippen molar-refractivity contribution in [1.82, 2.24) is 19.4 Å². The summed E-state index contributed by atoms with van der Waals surface area (Å²) in [5.41, 5.74) is 0.989. The quantitative estimate of drug-likeness (QED) is 0.524. The predicted molar refractivity (Wildman–Crippen MR) is 109 cm³/mol. The van der Waals surface area contributed by atoms with Gasteiger partial charge in [0.2, 0.25) is 11.7 Å². The van der Waals surface area contributed by atoms with E-state index in [1.807, 2.05) is 20.0 Å². The van der Waals surface area contributed by atoms with E-state index in [1.54, 1.807) is 10.6 Å². The molecule has 1 aliphatic rings. The van der Waals surface area contributed by atoms with Crippen LogP contribution < -0.4 is 4.74 Å². The largest absolute Gasteiger partial charge is 0.475 e. The summed E-state index contributed by atoms with van der Waals surface area (Å²) in [7, 11) is 0. The average Bonchev–Trinajstić information content (AvgIpc) is 3.17. The molecule has 0 aromatic carbocycles. The molecule has 0 aliphatic carbocycles. The summed E-state index contributed by atoms with van der Waals surface area (Å²) in [6.45, 7) is 5.11. The van der Waals surface area contributed by atoms with Gasteiger partial charge in [0, 0.05) is 36.9 Å². The summed E-state index contributed by atoms with van der Waals surface area (Å²) in [5.74, 6) is 0.595. The second kappa shape index (κ2) is 9.05. The lowest BCUT2D eigenvalue weighted by Gasteiger charge is -2.19. The maximum atomic E-state index is 13.0. The van der Waals surface area contributed by atoms with Crippen molar-refractivity contribution < 1.29 is 23.0 Å². The number of ether oxygens (including phenoxy) is 2. The molecule has 7 nitrogen and oxygen atoms in total. The molecule has 1 fully saturated rings. The van der Waals surface area contributed by atoms with Crippen molar-refractivity contribution in [1.29, 1.82) is 0 Å². The third-order valence-electron chi connectivity index (χ3n) is 5.06. The van der Waals surface area contributed by atoms with Gasteiger partial charge in [-0.15, -0.1) is 0 Å². The Labute approximate surface area is 178 Å². The fourth-order valence-corrected chi connectivity index (χ4v) is 3.57. The smallest absolute Gasteiger partial charge is 0.280 e. The topological polar surface area (TPSA) is 78.6 Å². The number of nitrogens with zero attached hydrogens (tertiary/aromatic N) is 4. The number of halogens is 2. The average molecular weight is 430 g/mol. The number of ketones is 1. The molecule has 4 rings (SSSR count). The van der Waals surface area contributed by atoms with Crippen molar-refractivity contribution in [3.05, 3.63) is 53.2 Å². The molecule has 164 valence electrons. The van der Waals surface area contributed by atoms with Crippen molar-refractivity contribution >= 4 is 11.6 Å². The maximum absolute atomic E-state index is 13.0. The third kappa shape index (κ3) is 4.87. The van der Waals surface area contributed by atoms with E-state index in [-0.39, 0.29) is 24.1 Å². The Morgan fingerprint density at radius 2 is 2.10 bits per heavy atom. The molecular weight excluding hydrogens is 406 g/mol. The molecule has 31 heavy (non-hydrogen) atoms. The van der Waals surface area contributed by atoms with Gasteiger partial charge in [-0.1, -0.05) is 6.07 Å². The van der Waals surface area contributed by atoms with Crippen LogP contribution in [0.15, 0.2) is 30.6 Å². The lowest BCUT2D eigenvalue weighted by atomic mass is 9.99. The Bertz CT molecular complexity index is 1080. The number of imidazole rings is 1. The summed E-state index contributed by atoms with van der Waals surface area (Å²) in [4.78, 5) is 25.7. The highest BCUT2D eigenvalue weighted by atomic mass is 19.3. The van der Waals surface area contributed by atoms with Gasteiger partial charge in [0.25, 0.3) is 6.43 Å². The van der Waals surface area contributed by atoms with Crippen LogP contribution in [0.1, 0.15) is 66.5 Å². The molecule has 3 aromatic rings. The summed E-state index contributed by atoms with van der Waals surface area (Å²) in [5, 5.41) is 0. The highest BCUT2D eigenvalue weighted by Gasteiger charge is 2.22. The summed E-state index contributed by atoms with van der Waals surface area (Å²) >= 11 is 0. The highest BCUT2D eigenvalue weighted by molar-refractivity contribution is 5.96. The number of pyridine rings is 1. The van der Waals surface area contributed by atoms with E-state index in [9.17, 15) is 13.6 Å². The first-order chi connectivity index (χ1) is 14.9. The number of fused-ring (bicyclic) bond motifs is 1. The van der Waals surface area contributed by atoms with Gasteiger partial charge in [0.05, 0.1) is 18.4 Å². The first kappa shape index (κ1) is 21.3. The van der Waals surface area contributed by atoms with Crippen LogP contribution in [0.25, 0.3) is 5.78 Å². The summed E-state index contributed by atoms with van der Waals surface area (Å²) < 4.78 is 39.1. The molecule has 4 heterocycles. The monoisotopic (exact) mass is 430 g/mol. The molecule has 1 atom stereocenters. The van der Waals surface area contributed by atoms with Gasteiger partial charge in [-0.2, -0.15) is 4.98 Å². The standard InChI is InChI=1S/C22H24F2N4O3/c1-13(2)31-21-15(9-19(29)16-6-3-7-17(25-16)20(23)24)10-28-11-18(26-22(28)27-21)14-5-4-8-30-12-14/h3,6-7,10-11,13-14,20H,4-5,8-9,12H2,1-2H3. The van der Waals surface area contributed by atoms with Crippen molar-refractivity contribution in [3.63, 3.8) is 0 Å². The van der Waals surface area contributed by atoms with Crippen molar-refractivity contribution in [3.8, 4) is 5.88 Å². The van der Waals surface area contributed by atoms with Crippen molar-refractivity contribution in [2.24, 2.45) is 0 Å². The minimum absolute atomic E-state index is 0.0148. The Morgan fingerprint density at radius 1 is 1.26 bits per heavy atom. The normalized spacial score (nSPS) is 16.9. The second-order valence-electron chi connectivity index (χ2n) is 7.87. The first-order valence-electron chi connectivity index (χ1n) is 10.3. The van der Waals surface area contributed by atoms with Crippen LogP contribution in [-0.2, 0) is 11.2 Å². The summed E-state index contributed by atoms with van der Waals surface area (Å²) in [6, 6.07) is 4.04. The van der Waals surface area contributed by atoms with Crippen LogP contribution in [0.4, 0.5) is 8.78 Å². The van der Waals surface area contributed by atoms with Crippen LogP contribution in [0.2, 0.25) is 0 Å². The van der Waals surface area contributed by atoms with E-state index in [1.165, 1.54) is 18.2 Å². The predicted octanol–water partition coefficient (Wildman–Crippen LogP) is 4.17. The van der Waals surface area contributed by atoms with E-state index in [4.69, 9.17) is 9.47 Å². The third-order valence-corrected chi connectivity index (χ3v) is 5.06. The number of Topliss-reactive ketones (excluding diaryl/α,β-unsaturated/α-hetero) is 1. The van der Waals surface area contributed by atoms with Crippen LogP contribution in [0.5, 0.6) is 5.88 Å². The molecule has 9 heteroatoms. The molecule has 0 amide bonds. The van der Waals surface area contributed by atoms with E-state index >= 15 is 0 Å². The molecule has 0 radical (unpaired) electrons. The van der Waals surface area contributed by atoms with Gasteiger partial charge in [0.15, 0.2) is 5.78 Å². The highest BCUT2D eigenvalue weighted by Crippen LogP contribution is 2.27. The van der Waals surface area contributed by atoms with Gasteiger partial charge in [0.1, 0.15) is 11.4 Å². The Kier molecular flexibility index (Phi) is 6.22. The maximum Gasteiger partial charge on any atom is 0.280 e. The van der Waals surface area contributed by atoms with E-state index in [2.05, 4.69) is 15.0 Å². The fraction of sp³-hybridized carbons (Fsp3) is 0.455. The second-order valence-corrected chi connectivity index (χ2v) is 7.87. The van der Waals surface area contributed by atoms with E-state index in [0.29, 0.717) is 23.8 Å². The SMILES string of the molecule is CC(C)Oc1nc2nc(C3CCCOC3)cn2cc1CC(=O)c1cccc(C(F)F)n1. The minimum Gasteiger partial charge on any atom is -0.475 e. The molecule has 0 spiro atoms. The number of hydrogen-bond donors (Lipinski definition) is 0. The van der Waals surface area contributed by atoms with Gasteiger partial charge in [-0.25, -0.2) is 18.7 Å². The van der Waals surface area contributed by atoms with E-state index < -0.39 is 17.9 Å². The summed E-state index contributed by atoms with van der Waals surface area (Å²) in [6.07, 6.45) is 2.66. The van der Waals surface area contributed by atoms with E-state index in [0.717, 1.165) is 25.1 Å². The minimum atomic E-state index is -2.74. The van der Waals surface area contributed by atoms with Crippen molar-refractivity contribution in [2.45, 2.75) is 51.6 Å². The van der Waals surface area contributed by atoms with Crippen LogP contribution in [0.3, 0.4) is 0 Å². The van der Waals surface area contributed by atoms with Crippen LogP contribution in [0, 0.1) is 0 Å². The number of carbonyl (C=O) groups is 1. The Balaban J connectivity index is 1.66. The van der Waals surface area contributed by atoms with Gasteiger partial charge in [-0.3, -0.25) is 9.20 Å². The number of alkyl halides is 2. The molecule has 0 bridgehead atoms. The molecular formula is C22H24F2N4O3. The van der Waals surface area contributed by atoms with Crippen LogP contribution >= 0.6 is 0 Å². The van der Waals surface area contributed by atoms with Gasteiger partial charge < -0.3 is 9.47 Å². The number of carbonyl (C=O) groups excluding carboxylic acids is 1. The van der Waals surface area contributed by atoms with Crippen molar-refractivity contribution in [2.75, 3.05) is 13.2 Å². The molecule has 1 saturated heterocycles. The Morgan fingerprint density at radius 3 is 2.81 bits per heavy atom. The molecule has 3 aromatic heterocycles. The lowest BCUT2D eigenvalue weighted by Crippen LogP contribution is -2.15. The zero-order valence-corrected chi connectivity index (χ0v) is 17.4.